The summed E-state index contributed by atoms with van der Waals surface area (Å²) in [5.74, 6) is -0.0436. The van der Waals surface area contributed by atoms with Crippen LogP contribution < -0.4 is 5.32 Å². The Labute approximate surface area is 108 Å². The summed E-state index contributed by atoms with van der Waals surface area (Å²) in [4.78, 5) is 4.74. The topological polar surface area (TPSA) is 18.5 Å². The highest BCUT2D eigenvalue weighted by molar-refractivity contribution is 5.33. The predicted octanol–water partition coefficient (Wildman–Crippen LogP) is 1.22. The highest BCUT2D eigenvalue weighted by Crippen LogP contribution is 2.30. The van der Waals surface area contributed by atoms with Crippen LogP contribution in [0.3, 0.4) is 0 Å². The highest BCUT2D eigenvalue weighted by atomic mass is 19.1. The van der Waals surface area contributed by atoms with Gasteiger partial charge in [-0.3, -0.25) is 4.90 Å². The maximum Gasteiger partial charge on any atom is 0.128 e. The molecule has 3 nitrogen and oxygen atoms in total. The minimum Gasteiger partial charge on any atom is -0.311 e. The first-order chi connectivity index (χ1) is 8.75. The van der Waals surface area contributed by atoms with Crippen molar-refractivity contribution in [1.29, 1.82) is 0 Å². The van der Waals surface area contributed by atoms with Crippen molar-refractivity contribution in [2.45, 2.75) is 12.6 Å². The van der Waals surface area contributed by atoms with Crippen molar-refractivity contribution in [3.8, 4) is 0 Å². The standard InChI is InChI=1S/C14H20FN3/c1-17-5-7-18(8-6-17)13-10-16-9-11-3-2-4-12(15)14(11)13/h2-4,13,16H,5-10H2,1H3/t13-/m0/s1. The number of fused-ring (bicyclic) bond motifs is 1. The third-order valence-electron chi connectivity index (χ3n) is 4.11. The number of nitrogens with zero attached hydrogens (tertiary/aromatic N) is 2. The van der Waals surface area contributed by atoms with Crippen molar-refractivity contribution in [2.24, 2.45) is 0 Å². The molecule has 4 heteroatoms. The van der Waals surface area contributed by atoms with Crippen molar-refractivity contribution < 1.29 is 4.39 Å². The Morgan fingerprint density at radius 1 is 1.22 bits per heavy atom. The van der Waals surface area contributed by atoms with E-state index in [1.54, 1.807) is 6.07 Å². The van der Waals surface area contributed by atoms with Crippen LogP contribution in [-0.4, -0.2) is 49.6 Å². The Bertz CT molecular complexity index is 427. The average Bonchev–Trinajstić information content (AvgIpc) is 2.39. The van der Waals surface area contributed by atoms with Crippen LogP contribution in [0, 0.1) is 5.82 Å². The van der Waals surface area contributed by atoms with Gasteiger partial charge in [-0.05, 0) is 18.7 Å². The summed E-state index contributed by atoms with van der Waals surface area (Å²) in [6.07, 6.45) is 0. The van der Waals surface area contributed by atoms with Crippen LogP contribution >= 0.6 is 0 Å². The molecule has 1 aromatic carbocycles. The van der Waals surface area contributed by atoms with E-state index in [1.807, 2.05) is 12.1 Å². The number of benzene rings is 1. The van der Waals surface area contributed by atoms with Gasteiger partial charge in [-0.1, -0.05) is 12.1 Å². The van der Waals surface area contributed by atoms with Crippen LogP contribution in [0.15, 0.2) is 18.2 Å². The number of likely N-dealkylation sites (N-methyl/N-ethyl adjacent to an activating group) is 1. The van der Waals surface area contributed by atoms with E-state index in [2.05, 4.69) is 22.2 Å². The first-order valence-electron chi connectivity index (χ1n) is 6.66. The number of halogens is 1. The fourth-order valence-corrected chi connectivity index (χ4v) is 3.00. The number of piperazine rings is 1. The van der Waals surface area contributed by atoms with Gasteiger partial charge in [-0.2, -0.15) is 0 Å². The van der Waals surface area contributed by atoms with Gasteiger partial charge in [0, 0.05) is 44.8 Å². The molecule has 1 saturated heterocycles. The van der Waals surface area contributed by atoms with Gasteiger partial charge in [0.1, 0.15) is 5.82 Å². The van der Waals surface area contributed by atoms with E-state index in [1.165, 1.54) is 0 Å². The summed E-state index contributed by atoms with van der Waals surface area (Å²) in [5.41, 5.74) is 2.03. The highest BCUT2D eigenvalue weighted by Gasteiger charge is 2.29. The van der Waals surface area contributed by atoms with Gasteiger partial charge in [0.2, 0.25) is 0 Å². The summed E-state index contributed by atoms with van der Waals surface area (Å²) < 4.78 is 14.1. The van der Waals surface area contributed by atoms with E-state index < -0.39 is 0 Å². The summed E-state index contributed by atoms with van der Waals surface area (Å²) in [5, 5.41) is 3.40. The van der Waals surface area contributed by atoms with Gasteiger partial charge < -0.3 is 10.2 Å². The summed E-state index contributed by atoms with van der Waals surface area (Å²) >= 11 is 0. The van der Waals surface area contributed by atoms with Crippen LogP contribution in [0.4, 0.5) is 4.39 Å². The zero-order chi connectivity index (χ0) is 12.5. The second kappa shape index (κ2) is 4.96. The Morgan fingerprint density at radius 3 is 2.78 bits per heavy atom. The van der Waals surface area contributed by atoms with Gasteiger partial charge in [0.05, 0.1) is 6.04 Å². The summed E-state index contributed by atoms with van der Waals surface area (Å²) in [6.45, 7) is 5.84. The fraction of sp³-hybridized carbons (Fsp3) is 0.571. The SMILES string of the molecule is CN1CCN([C@H]2CNCc3cccc(F)c32)CC1. The lowest BCUT2D eigenvalue weighted by Crippen LogP contribution is -2.49. The Kier molecular flexibility index (Phi) is 3.33. The van der Waals surface area contributed by atoms with E-state index in [0.717, 1.165) is 50.4 Å². The third kappa shape index (κ3) is 2.16. The smallest absolute Gasteiger partial charge is 0.128 e. The average molecular weight is 249 g/mol. The molecule has 1 aromatic rings. The van der Waals surface area contributed by atoms with Gasteiger partial charge in [-0.25, -0.2) is 4.39 Å². The number of hydrogen-bond acceptors (Lipinski definition) is 3. The van der Waals surface area contributed by atoms with Crippen molar-refractivity contribution in [1.82, 2.24) is 15.1 Å². The number of nitrogens with one attached hydrogen (secondary N) is 1. The molecule has 0 radical (unpaired) electrons. The molecule has 0 spiro atoms. The zero-order valence-electron chi connectivity index (χ0n) is 10.8. The Morgan fingerprint density at radius 2 is 2.00 bits per heavy atom. The quantitative estimate of drug-likeness (QED) is 0.807. The second-order valence-corrected chi connectivity index (χ2v) is 5.30. The van der Waals surface area contributed by atoms with E-state index in [-0.39, 0.29) is 11.9 Å². The molecule has 18 heavy (non-hydrogen) atoms. The monoisotopic (exact) mass is 249 g/mol. The first kappa shape index (κ1) is 12.1. The molecule has 1 fully saturated rings. The molecule has 0 aliphatic carbocycles. The molecule has 0 amide bonds. The first-order valence-corrected chi connectivity index (χ1v) is 6.66. The molecule has 2 aliphatic heterocycles. The maximum absolute atomic E-state index is 14.1. The minimum absolute atomic E-state index is 0.0436. The predicted molar refractivity (Wildman–Crippen MR) is 69.9 cm³/mol. The molecular weight excluding hydrogens is 229 g/mol. The van der Waals surface area contributed by atoms with Crippen molar-refractivity contribution in [3.63, 3.8) is 0 Å². The van der Waals surface area contributed by atoms with E-state index in [9.17, 15) is 4.39 Å². The zero-order valence-corrected chi connectivity index (χ0v) is 10.8. The van der Waals surface area contributed by atoms with Crippen molar-refractivity contribution >= 4 is 0 Å². The molecule has 2 heterocycles. The summed E-state index contributed by atoms with van der Waals surface area (Å²) in [6, 6.07) is 5.63. The molecule has 1 atom stereocenters. The molecule has 0 unspecified atom stereocenters. The lowest BCUT2D eigenvalue weighted by molar-refractivity contribution is 0.104. The van der Waals surface area contributed by atoms with Crippen LogP contribution in [0.2, 0.25) is 0 Å². The van der Waals surface area contributed by atoms with Gasteiger partial charge in [0.15, 0.2) is 0 Å². The second-order valence-electron chi connectivity index (χ2n) is 5.30. The molecule has 0 saturated carbocycles. The van der Waals surface area contributed by atoms with E-state index >= 15 is 0 Å². The summed E-state index contributed by atoms with van der Waals surface area (Å²) in [7, 11) is 2.14. The molecule has 2 aliphatic rings. The number of hydrogen-bond donors (Lipinski definition) is 1. The van der Waals surface area contributed by atoms with Gasteiger partial charge in [0.25, 0.3) is 0 Å². The normalized spacial score (nSPS) is 26.0. The van der Waals surface area contributed by atoms with Gasteiger partial charge >= 0.3 is 0 Å². The van der Waals surface area contributed by atoms with Crippen molar-refractivity contribution in [2.75, 3.05) is 39.8 Å². The minimum atomic E-state index is -0.0436. The Hall–Kier alpha value is -0.970. The molecule has 1 N–H and O–H groups in total. The van der Waals surface area contributed by atoms with E-state index in [0.29, 0.717) is 0 Å². The lowest BCUT2D eigenvalue weighted by Gasteiger charge is -2.40. The fourth-order valence-electron chi connectivity index (χ4n) is 3.00. The van der Waals surface area contributed by atoms with E-state index in [4.69, 9.17) is 0 Å². The molecule has 98 valence electrons. The molecular formula is C14H20FN3. The van der Waals surface area contributed by atoms with Crippen LogP contribution in [0.25, 0.3) is 0 Å². The molecule has 3 rings (SSSR count). The lowest BCUT2D eigenvalue weighted by atomic mass is 9.94. The third-order valence-corrected chi connectivity index (χ3v) is 4.11. The largest absolute Gasteiger partial charge is 0.311 e. The van der Waals surface area contributed by atoms with Crippen LogP contribution in [0.1, 0.15) is 17.2 Å². The van der Waals surface area contributed by atoms with Crippen LogP contribution in [0.5, 0.6) is 0 Å². The molecule has 0 aromatic heterocycles. The van der Waals surface area contributed by atoms with Crippen molar-refractivity contribution in [3.05, 3.63) is 35.1 Å². The van der Waals surface area contributed by atoms with Gasteiger partial charge in [-0.15, -0.1) is 0 Å². The maximum atomic E-state index is 14.1. The Balaban J connectivity index is 1.87. The molecule has 0 bridgehead atoms. The number of rotatable bonds is 1. The van der Waals surface area contributed by atoms with Crippen LogP contribution in [-0.2, 0) is 6.54 Å².